The Morgan fingerprint density at radius 3 is 2.76 bits per heavy atom. The number of rotatable bonds is 7. The number of pyridine rings is 1. The van der Waals surface area contributed by atoms with E-state index in [-0.39, 0.29) is 17.9 Å². The first-order valence-corrected chi connectivity index (χ1v) is 10.8. The molecule has 0 bridgehead atoms. The van der Waals surface area contributed by atoms with Crippen LogP contribution in [0.15, 0.2) is 47.2 Å². The molecule has 0 saturated carbocycles. The number of carbonyl (C=O) groups is 2. The molecular formula is C21H23BrClN3O3. The molecule has 1 aliphatic rings. The van der Waals surface area contributed by atoms with Gasteiger partial charge in [-0.05, 0) is 49.6 Å². The van der Waals surface area contributed by atoms with Crippen LogP contribution in [-0.2, 0) is 4.79 Å². The van der Waals surface area contributed by atoms with Gasteiger partial charge >= 0.3 is 0 Å². The molecule has 154 valence electrons. The predicted octanol–water partition coefficient (Wildman–Crippen LogP) is 4.08. The van der Waals surface area contributed by atoms with E-state index < -0.39 is 0 Å². The zero-order valence-electron chi connectivity index (χ0n) is 15.9. The number of likely N-dealkylation sites (tertiary alicyclic amines) is 1. The summed E-state index contributed by atoms with van der Waals surface area (Å²) in [6.45, 7) is 1.73. The van der Waals surface area contributed by atoms with E-state index in [9.17, 15) is 9.59 Å². The zero-order chi connectivity index (χ0) is 20.6. The van der Waals surface area contributed by atoms with Gasteiger partial charge in [0, 0.05) is 42.4 Å². The molecule has 1 N–H and O–H groups in total. The molecule has 2 amide bonds. The number of hydrogen-bond donors (Lipinski definition) is 1. The number of halogens is 2. The van der Waals surface area contributed by atoms with E-state index in [1.54, 1.807) is 36.7 Å². The van der Waals surface area contributed by atoms with Crippen molar-refractivity contribution in [1.82, 2.24) is 15.2 Å². The lowest BCUT2D eigenvalue weighted by molar-refractivity contribution is -0.132. The first-order chi connectivity index (χ1) is 14.0. The van der Waals surface area contributed by atoms with Gasteiger partial charge in [0.1, 0.15) is 5.75 Å². The fourth-order valence-electron chi connectivity index (χ4n) is 3.19. The maximum absolute atomic E-state index is 12.4. The van der Waals surface area contributed by atoms with Crippen LogP contribution < -0.4 is 10.1 Å². The van der Waals surface area contributed by atoms with E-state index in [4.69, 9.17) is 16.3 Å². The van der Waals surface area contributed by atoms with Crippen molar-refractivity contribution in [1.29, 1.82) is 0 Å². The van der Waals surface area contributed by atoms with Crippen molar-refractivity contribution in [2.75, 3.05) is 19.7 Å². The Hall–Kier alpha value is -2.12. The van der Waals surface area contributed by atoms with Gasteiger partial charge in [-0.15, -0.1) is 0 Å². The van der Waals surface area contributed by atoms with Crippen molar-refractivity contribution >= 4 is 39.3 Å². The molecule has 1 aromatic heterocycles. The lowest BCUT2D eigenvalue weighted by Crippen LogP contribution is -2.46. The number of carbonyl (C=O) groups excluding carboxylic acids is 2. The van der Waals surface area contributed by atoms with Gasteiger partial charge in [-0.25, -0.2) is 0 Å². The van der Waals surface area contributed by atoms with Gasteiger partial charge in [-0.2, -0.15) is 0 Å². The third kappa shape index (κ3) is 6.44. The molecule has 1 fully saturated rings. The van der Waals surface area contributed by atoms with Crippen LogP contribution in [0, 0.1) is 0 Å². The molecule has 3 rings (SSSR count). The van der Waals surface area contributed by atoms with Crippen molar-refractivity contribution in [3.05, 3.63) is 57.8 Å². The summed E-state index contributed by atoms with van der Waals surface area (Å²) in [5.74, 6) is 0.617. The summed E-state index contributed by atoms with van der Waals surface area (Å²) in [6, 6.07) is 9.01. The molecular weight excluding hydrogens is 458 g/mol. The Kier molecular flexibility index (Phi) is 7.89. The topological polar surface area (TPSA) is 71.5 Å². The Labute approximate surface area is 183 Å². The minimum atomic E-state index is -0.119. The molecule has 1 aliphatic heterocycles. The summed E-state index contributed by atoms with van der Waals surface area (Å²) in [4.78, 5) is 30.4. The van der Waals surface area contributed by atoms with E-state index >= 15 is 0 Å². The minimum absolute atomic E-state index is 0.0784. The molecule has 0 unspecified atom stereocenters. The van der Waals surface area contributed by atoms with Crippen molar-refractivity contribution < 1.29 is 14.3 Å². The normalized spacial score (nSPS) is 14.5. The second-order valence-electron chi connectivity index (χ2n) is 6.90. The van der Waals surface area contributed by atoms with Gasteiger partial charge in [0.05, 0.1) is 17.2 Å². The summed E-state index contributed by atoms with van der Waals surface area (Å²) < 4.78 is 6.55. The molecule has 0 atom stereocenters. The van der Waals surface area contributed by atoms with E-state index in [1.165, 1.54) is 0 Å². The number of ether oxygens (including phenoxy) is 1. The van der Waals surface area contributed by atoms with E-state index in [0.29, 0.717) is 48.9 Å². The van der Waals surface area contributed by atoms with Crippen LogP contribution in [0.2, 0.25) is 5.02 Å². The summed E-state index contributed by atoms with van der Waals surface area (Å²) in [6.07, 6.45) is 5.76. The number of aromatic nitrogens is 1. The first kappa shape index (κ1) is 21.6. The SMILES string of the molecule is O=C(NC1CCN(C(=O)CCCOc2ccc(Br)cc2Cl)CC1)c1cccnc1. The Morgan fingerprint density at radius 2 is 2.07 bits per heavy atom. The molecule has 2 aromatic rings. The average molecular weight is 481 g/mol. The Morgan fingerprint density at radius 1 is 1.28 bits per heavy atom. The minimum Gasteiger partial charge on any atom is -0.492 e. The Bertz CT molecular complexity index is 842. The fraction of sp³-hybridized carbons (Fsp3) is 0.381. The third-order valence-electron chi connectivity index (χ3n) is 4.79. The third-order valence-corrected chi connectivity index (χ3v) is 5.58. The summed E-state index contributed by atoms with van der Waals surface area (Å²) in [7, 11) is 0. The molecule has 29 heavy (non-hydrogen) atoms. The van der Waals surface area contributed by atoms with Crippen LogP contribution in [0.3, 0.4) is 0 Å². The molecule has 8 heteroatoms. The fourth-order valence-corrected chi connectivity index (χ4v) is 3.92. The Balaban J connectivity index is 1.35. The quantitative estimate of drug-likeness (QED) is 0.606. The summed E-state index contributed by atoms with van der Waals surface area (Å²) >= 11 is 9.47. The molecule has 0 aliphatic carbocycles. The van der Waals surface area contributed by atoms with Crippen molar-refractivity contribution in [2.24, 2.45) is 0 Å². The van der Waals surface area contributed by atoms with Crippen LogP contribution in [0.25, 0.3) is 0 Å². The monoisotopic (exact) mass is 479 g/mol. The van der Waals surface area contributed by atoms with Crippen molar-refractivity contribution in [3.8, 4) is 5.75 Å². The van der Waals surface area contributed by atoms with Gasteiger partial charge in [0.15, 0.2) is 0 Å². The maximum atomic E-state index is 12.4. The molecule has 2 heterocycles. The van der Waals surface area contributed by atoms with Crippen molar-refractivity contribution in [3.63, 3.8) is 0 Å². The van der Waals surface area contributed by atoms with Gasteiger partial charge in [0.25, 0.3) is 5.91 Å². The number of piperidine rings is 1. The van der Waals surface area contributed by atoms with E-state index in [2.05, 4.69) is 26.2 Å². The molecule has 0 radical (unpaired) electrons. The lowest BCUT2D eigenvalue weighted by atomic mass is 10.0. The van der Waals surface area contributed by atoms with Crippen LogP contribution >= 0.6 is 27.5 Å². The van der Waals surface area contributed by atoms with Crippen LogP contribution in [-0.4, -0.2) is 47.4 Å². The average Bonchev–Trinajstić information content (AvgIpc) is 2.73. The van der Waals surface area contributed by atoms with E-state index in [0.717, 1.165) is 17.3 Å². The number of hydrogen-bond acceptors (Lipinski definition) is 4. The molecule has 6 nitrogen and oxygen atoms in total. The smallest absolute Gasteiger partial charge is 0.253 e. The second kappa shape index (κ2) is 10.6. The number of nitrogens with one attached hydrogen (secondary N) is 1. The predicted molar refractivity (Wildman–Crippen MR) is 115 cm³/mol. The number of benzene rings is 1. The van der Waals surface area contributed by atoms with Crippen LogP contribution in [0.4, 0.5) is 0 Å². The highest BCUT2D eigenvalue weighted by Gasteiger charge is 2.24. The van der Waals surface area contributed by atoms with Crippen molar-refractivity contribution in [2.45, 2.75) is 31.7 Å². The van der Waals surface area contributed by atoms with Gasteiger partial charge in [0.2, 0.25) is 5.91 Å². The molecule has 0 spiro atoms. The van der Waals surface area contributed by atoms with Gasteiger partial charge < -0.3 is 15.0 Å². The highest BCUT2D eigenvalue weighted by molar-refractivity contribution is 9.10. The van der Waals surface area contributed by atoms with Gasteiger partial charge in [-0.1, -0.05) is 27.5 Å². The highest BCUT2D eigenvalue weighted by Crippen LogP contribution is 2.27. The summed E-state index contributed by atoms with van der Waals surface area (Å²) in [5, 5.41) is 3.56. The number of nitrogens with zero attached hydrogens (tertiary/aromatic N) is 2. The van der Waals surface area contributed by atoms with Crippen LogP contribution in [0.5, 0.6) is 5.75 Å². The van der Waals surface area contributed by atoms with E-state index in [1.807, 2.05) is 11.0 Å². The number of amides is 2. The molecule has 1 saturated heterocycles. The summed E-state index contributed by atoms with van der Waals surface area (Å²) in [5.41, 5.74) is 0.553. The van der Waals surface area contributed by atoms with Gasteiger partial charge in [-0.3, -0.25) is 14.6 Å². The first-order valence-electron chi connectivity index (χ1n) is 9.59. The highest BCUT2D eigenvalue weighted by atomic mass is 79.9. The largest absolute Gasteiger partial charge is 0.492 e. The lowest BCUT2D eigenvalue weighted by Gasteiger charge is -2.32. The molecule has 1 aromatic carbocycles. The maximum Gasteiger partial charge on any atom is 0.253 e. The zero-order valence-corrected chi connectivity index (χ0v) is 18.3. The van der Waals surface area contributed by atoms with Crippen LogP contribution in [0.1, 0.15) is 36.0 Å². The second-order valence-corrected chi connectivity index (χ2v) is 8.22. The standard InChI is InChI=1S/C21H23BrClN3O3/c22-16-5-6-19(18(23)13-16)29-12-2-4-20(27)26-10-7-17(8-11-26)25-21(28)15-3-1-9-24-14-15/h1,3,5-6,9,13-14,17H,2,4,7-8,10-12H2,(H,25,28).